The molecule has 3 heteroatoms. The van der Waals surface area contributed by atoms with Gasteiger partial charge in [0.15, 0.2) is 0 Å². The number of halogens is 3. The third kappa shape index (κ3) is 14.4. The highest BCUT2D eigenvalue weighted by Crippen LogP contribution is 1.93. The molecule has 0 saturated carbocycles. The van der Waals surface area contributed by atoms with Gasteiger partial charge in [0.05, 0.1) is 0 Å². The maximum Gasteiger partial charge on any atom is -0.0398 e. The average molecular weight is 336 g/mol. The summed E-state index contributed by atoms with van der Waals surface area (Å²) < 4.78 is 0. The van der Waals surface area contributed by atoms with E-state index < -0.39 is 0 Å². The van der Waals surface area contributed by atoms with Gasteiger partial charge in [-0.15, -0.1) is 0 Å². The quantitative estimate of drug-likeness (QED) is 0.443. The molecule has 0 aliphatic rings. The van der Waals surface area contributed by atoms with Gasteiger partial charge in [-0.25, -0.2) is 0 Å². The molecule has 0 spiro atoms. The van der Waals surface area contributed by atoms with E-state index in [1.165, 1.54) is 16.7 Å². The second-order valence-corrected chi connectivity index (χ2v) is 4.96. The van der Waals surface area contributed by atoms with Crippen LogP contribution in [0.25, 0.3) is 0 Å². The summed E-state index contributed by atoms with van der Waals surface area (Å²) in [5.74, 6) is 0. The van der Waals surface area contributed by atoms with Crippen LogP contribution in [0.5, 0.6) is 0 Å². The zero-order valence-corrected chi connectivity index (χ0v) is 14.4. The Morgan fingerprint density at radius 3 is 0.583 bits per heavy atom. The molecule has 0 fully saturated rings. The first-order valence-electron chi connectivity index (χ1n) is 7.23. The number of aryl methyl sites for hydroxylation is 3. The Labute approximate surface area is 143 Å². The zero-order chi connectivity index (χ0) is 15.3. The Balaban J connectivity index is -0.000000259. The van der Waals surface area contributed by atoms with Gasteiger partial charge < -0.3 is 0 Å². The molecule has 0 unspecified atom stereocenters. The van der Waals surface area contributed by atoms with Crippen LogP contribution in [-0.2, 0) is 0 Å². The Hall–Kier alpha value is -2.55. The average Bonchev–Trinajstić information content (AvgIpc) is 2.51. The standard InChI is InChI=1S/3C7H8.3FH/c3*1-7-5-3-2-4-6-7;;;/h3*2-6H,1H3;3*1H. The molecule has 3 aromatic rings. The molecule has 0 atom stereocenters. The molecular weight excluding hydrogens is 309 g/mol. The topological polar surface area (TPSA) is 0 Å². The molecular formula is C21H27F3. The first kappa shape index (κ1) is 26.4. The van der Waals surface area contributed by atoms with Crippen molar-refractivity contribution in [3.05, 3.63) is 108 Å². The van der Waals surface area contributed by atoms with Crippen molar-refractivity contribution in [1.82, 2.24) is 0 Å². The fourth-order valence-corrected chi connectivity index (χ4v) is 1.60. The zero-order valence-electron chi connectivity index (χ0n) is 14.4. The molecule has 24 heavy (non-hydrogen) atoms. The van der Waals surface area contributed by atoms with E-state index in [2.05, 4.69) is 57.2 Å². The predicted molar refractivity (Wildman–Crippen MR) is 101 cm³/mol. The van der Waals surface area contributed by atoms with Gasteiger partial charge in [0, 0.05) is 0 Å². The van der Waals surface area contributed by atoms with Gasteiger partial charge in [0.2, 0.25) is 0 Å². The minimum absolute atomic E-state index is 0. The van der Waals surface area contributed by atoms with Crippen molar-refractivity contribution in [2.24, 2.45) is 0 Å². The molecule has 0 nitrogen and oxygen atoms in total. The van der Waals surface area contributed by atoms with Crippen LogP contribution in [0, 0.1) is 20.8 Å². The highest BCUT2D eigenvalue weighted by atomic mass is 19.0. The molecule has 0 radical (unpaired) electrons. The van der Waals surface area contributed by atoms with Crippen LogP contribution in [0.2, 0.25) is 0 Å². The van der Waals surface area contributed by atoms with E-state index in [0.29, 0.717) is 0 Å². The fourth-order valence-electron chi connectivity index (χ4n) is 1.60. The lowest BCUT2D eigenvalue weighted by Crippen LogP contribution is -1.62. The summed E-state index contributed by atoms with van der Waals surface area (Å²) in [6, 6.07) is 30.8. The SMILES string of the molecule is Cc1ccccc1.Cc1ccccc1.Cc1ccccc1.F.F.F. The first-order chi connectivity index (χ1) is 10.2. The summed E-state index contributed by atoms with van der Waals surface area (Å²) in [7, 11) is 0. The molecule has 0 heterocycles. The summed E-state index contributed by atoms with van der Waals surface area (Å²) in [5.41, 5.74) is 3.97. The van der Waals surface area contributed by atoms with Crippen LogP contribution in [0.15, 0.2) is 91.0 Å². The van der Waals surface area contributed by atoms with E-state index in [4.69, 9.17) is 0 Å². The van der Waals surface area contributed by atoms with E-state index >= 15 is 0 Å². The van der Waals surface area contributed by atoms with Gasteiger partial charge >= 0.3 is 0 Å². The third-order valence-electron chi connectivity index (χ3n) is 2.82. The number of rotatable bonds is 0. The van der Waals surface area contributed by atoms with Crippen molar-refractivity contribution in [2.75, 3.05) is 0 Å². The smallest absolute Gasteiger partial charge is 0.0398 e. The maximum absolute atomic E-state index is 2.08. The van der Waals surface area contributed by atoms with Gasteiger partial charge in [0.1, 0.15) is 0 Å². The lowest BCUT2D eigenvalue weighted by molar-refractivity contribution is 1.11. The van der Waals surface area contributed by atoms with E-state index in [-0.39, 0.29) is 14.1 Å². The minimum atomic E-state index is 0. The molecule has 132 valence electrons. The lowest BCUT2D eigenvalue weighted by atomic mass is 10.2. The molecule has 0 saturated heterocycles. The second kappa shape index (κ2) is 16.8. The van der Waals surface area contributed by atoms with Crippen LogP contribution in [-0.4, -0.2) is 0 Å². The summed E-state index contributed by atoms with van der Waals surface area (Å²) in [5, 5.41) is 0. The van der Waals surface area contributed by atoms with Crippen molar-refractivity contribution >= 4 is 0 Å². The van der Waals surface area contributed by atoms with Crippen LogP contribution >= 0.6 is 0 Å². The largest absolute Gasteiger partial charge is 0.269 e. The molecule has 0 N–H and O–H groups in total. The van der Waals surface area contributed by atoms with Gasteiger partial charge in [-0.3, -0.25) is 14.1 Å². The molecule has 0 amide bonds. The Bertz CT molecular complexity index is 492. The maximum atomic E-state index is 2.08. The molecule has 0 aliphatic heterocycles. The van der Waals surface area contributed by atoms with Crippen molar-refractivity contribution in [3.63, 3.8) is 0 Å². The summed E-state index contributed by atoms with van der Waals surface area (Å²) >= 11 is 0. The van der Waals surface area contributed by atoms with Gasteiger partial charge in [-0.1, -0.05) is 108 Å². The first-order valence-corrected chi connectivity index (χ1v) is 7.23. The number of benzene rings is 3. The Morgan fingerprint density at radius 2 is 0.500 bits per heavy atom. The minimum Gasteiger partial charge on any atom is -0.269 e. The van der Waals surface area contributed by atoms with Crippen molar-refractivity contribution in [2.45, 2.75) is 20.8 Å². The molecule has 3 aromatic carbocycles. The molecule has 0 aromatic heterocycles. The molecule has 0 aliphatic carbocycles. The second-order valence-electron chi connectivity index (χ2n) is 4.96. The highest BCUT2D eigenvalue weighted by Gasteiger charge is 1.73. The lowest BCUT2D eigenvalue weighted by Gasteiger charge is -1.82. The monoisotopic (exact) mass is 336 g/mol. The van der Waals surface area contributed by atoms with Crippen molar-refractivity contribution in [1.29, 1.82) is 0 Å². The molecule has 0 bridgehead atoms. The summed E-state index contributed by atoms with van der Waals surface area (Å²) in [6.07, 6.45) is 0. The van der Waals surface area contributed by atoms with E-state index in [9.17, 15) is 0 Å². The number of hydrogen-bond donors (Lipinski definition) is 0. The van der Waals surface area contributed by atoms with Gasteiger partial charge in [-0.05, 0) is 20.8 Å². The predicted octanol–water partition coefficient (Wildman–Crippen LogP) is 6.44. The normalized spacial score (nSPS) is 7.62. The van der Waals surface area contributed by atoms with Crippen LogP contribution < -0.4 is 0 Å². The Kier molecular flexibility index (Phi) is 18.5. The van der Waals surface area contributed by atoms with Crippen molar-refractivity contribution < 1.29 is 14.1 Å². The van der Waals surface area contributed by atoms with E-state index in [1.807, 2.05) is 54.6 Å². The summed E-state index contributed by atoms with van der Waals surface area (Å²) in [4.78, 5) is 0. The van der Waals surface area contributed by atoms with E-state index in [1.54, 1.807) is 0 Å². The summed E-state index contributed by atoms with van der Waals surface area (Å²) in [6.45, 7) is 6.25. The Morgan fingerprint density at radius 1 is 0.333 bits per heavy atom. The fraction of sp³-hybridized carbons (Fsp3) is 0.143. The van der Waals surface area contributed by atoms with Crippen molar-refractivity contribution in [3.8, 4) is 0 Å². The van der Waals surface area contributed by atoms with Crippen LogP contribution in [0.3, 0.4) is 0 Å². The molecule has 3 rings (SSSR count). The van der Waals surface area contributed by atoms with Crippen LogP contribution in [0.4, 0.5) is 14.1 Å². The van der Waals surface area contributed by atoms with Gasteiger partial charge in [0.25, 0.3) is 0 Å². The highest BCUT2D eigenvalue weighted by molar-refractivity contribution is 5.12. The van der Waals surface area contributed by atoms with E-state index in [0.717, 1.165) is 0 Å². The number of hydrogen-bond acceptors (Lipinski definition) is 0. The third-order valence-corrected chi connectivity index (χ3v) is 2.82. The van der Waals surface area contributed by atoms with Crippen LogP contribution in [0.1, 0.15) is 16.7 Å². The van der Waals surface area contributed by atoms with Gasteiger partial charge in [-0.2, -0.15) is 0 Å².